The number of carbonyl (C=O) groups excluding carboxylic acids is 1. The molecular formula is C24H30N4O2. The number of aliphatic hydroxyl groups is 1. The SMILES string of the molecule is O=C(C1CCC(O)CC1)N1Cc2cccnc2Nc2ccc(N3CCCCC3)cc21. The van der Waals surface area contributed by atoms with Crippen molar-refractivity contribution >= 4 is 28.8 Å². The minimum atomic E-state index is -0.261. The second-order valence-corrected chi connectivity index (χ2v) is 8.82. The largest absolute Gasteiger partial charge is 0.393 e. The molecule has 0 atom stereocenters. The Balaban J connectivity index is 1.52. The highest BCUT2D eigenvalue weighted by molar-refractivity contribution is 6.00. The Bertz CT molecular complexity index is 917. The number of piperidine rings is 1. The molecule has 6 heteroatoms. The van der Waals surface area contributed by atoms with Gasteiger partial charge in [-0.3, -0.25) is 4.79 Å². The van der Waals surface area contributed by atoms with E-state index in [0.717, 1.165) is 48.7 Å². The van der Waals surface area contributed by atoms with Crippen LogP contribution in [0.4, 0.5) is 22.9 Å². The second-order valence-electron chi connectivity index (χ2n) is 8.82. The first kappa shape index (κ1) is 19.4. The van der Waals surface area contributed by atoms with Crippen LogP contribution >= 0.6 is 0 Å². The summed E-state index contributed by atoms with van der Waals surface area (Å²) in [5.41, 5.74) is 4.08. The number of rotatable bonds is 2. The first-order chi connectivity index (χ1) is 14.7. The molecule has 2 N–H and O–H groups in total. The molecule has 1 aromatic carbocycles. The van der Waals surface area contributed by atoms with Gasteiger partial charge in [-0.05, 0) is 69.2 Å². The zero-order valence-electron chi connectivity index (χ0n) is 17.4. The zero-order chi connectivity index (χ0) is 20.5. The van der Waals surface area contributed by atoms with Crippen LogP contribution in [-0.4, -0.2) is 35.2 Å². The smallest absolute Gasteiger partial charge is 0.230 e. The Morgan fingerprint density at radius 2 is 1.87 bits per heavy atom. The normalized spacial score (nSPS) is 23.8. The quantitative estimate of drug-likeness (QED) is 0.782. The van der Waals surface area contributed by atoms with Crippen LogP contribution in [-0.2, 0) is 11.3 Å². The summed E-state index contributed by atoms with van der Waals surface area (Å²) in [6.45, 7) is 2.66. The van der Waals surface area contributed by atoms with Gasteiger partial charge in [0, 0.05) is 36.5 Å². The number of hydrogen-bond acceptors (Lipinski definition) is 5. The first-order valence-corrected chi connectivity index (χ1v) is 11.3. The van der Waals surface area contributed by atoms with E-state index in [0.29, 0.717) is 19.4 Å². The molecule has 1 amide bonds. The topological polar surface area (TPSA) is 68.7 Å². The van der Waals surface area contributed by atoms with Gasteiger partial charge in [0.1, 0.15) is 5.82 Å². The van der Waals surface area contributed by atoms with Gasteiger partial charge in [0.2, 0.25) is 5.91 Å². The van der Waals surface area contributed by atoms with Crippen molar-refractivity contribution in [2.75, 3.05) is 28.2 Å². The molecule has 2 aromatic rings. The molecule has 30 heavy (non-hydrogen) atoms. The molecule has 1 aliphatic carbocycles. The lowest BCUT2D eigenvalue weighted by Crippen LogP contribution is -2.38. The number of anilines is 4. The molecule has 1 aromatic heterocycles. The third kappa shape index (κ3) is 3.76. The lowest BCUT2D eigenvalue weighted by Gasteiger charge is -2.33. The molecule has 1 saturated heterocycles. The Hall–Kier alpha value is -2.60. The van der Waals surface area contributed by atoms with Crippen LogP contribution < -0.4 is 15.1 Å². The highest BCUT2D eigenvalue weighted by Crippen LogP contribution is 2.40. The molecule has 2 aliphatic heterocycles. The van der Waals surface area contributed by atoms with Crippen LogP contribution in [0.3, 0.4) is 0 Å². The average molecular weight is 407 g/mol. The number of hydrogen-bond donors (Lipinski definition) is 2. The standard InChI is InChI=1S/C24H30N4O2/c29-20-9-6-17(7-10-20)24(30)28-16-18-5-4-12-25-23(18)26-21-11-8-19(15-22(21)28)27-13-2-1-3-14-27/h4-5,8,11-12,15,17,20,29H,1-3,6-7,9-10,13-14,16H2,(H,25,26). The van der Waals surface area contributed by atoms with Crippen molar-refractivity contribution in [2.24, 2.45) is 5.92 Å². The number of aromatic nitrogens is 1. The Labute approximate surface area is 177 Å². The van der Waals surface area contributed by atoms with Gasteiger partial charge in [0.25, 0.3) is 0 Å². The minimum absolute atomic E-state index is 0.0295. The summed E-state index contributed by atoms with van der Waals surface area (Å²) in [5, 5.41) is 13.3. The molecule has 2 fully saturated rings. The molecule has 0 radical (unpaired) electrons. The van der Waals surface area contributed by atoms with E-state index in [1.165, 1.54) is 24.9 Å². The summed E-state index contributed by atoms with van der Waals surface area (Å²) >= 11 is 0. The maximum atomic E-state index is 13.7. The summed E-state index contributed by atoms with van der Waals surface area (Å²) < 4.78 is 0. The molecule has 6 nitrogen and oxygen atoms in total. The van der Waals surface area contributed by atoms with E-state index < -0.39 is 0 Å². The molecular weight excluding hydrogens is 376 g/mol. The number of amides is 1. The van der Waals surface area contributed by atoms with E-state index in [-0.39, 0.29) is 17.9 Å². The predicted molar refractivity (Wildman–Crippen MR) is 119 cm³/mol. The van der Waals surface area contributed by atoms with Crippen molar-refractivity contribution in [2.45, 2.75) is 57.6 Å². The molecule has 5 rings (SSSR count). The average Bonchev–Trinajstić information content (AvgIpc) is 2.96. The predicted octanol–water partition coefficient (Wildman–Crippen LogP) is 4.21. The van der Waals surface area contributed by atoms with Crippen molar-refractivity contribution in [3.63, 3.8) is 0 Å². The fourth-order valence-corrected chi connectivity index (χ4v) is 5.00. The van der Waals surface area contributed by atoms with Gasteiger partial charge in [0.05, 0.1) is 24.0 Å². The van der Waals surface area contributed by atoms with Gasteiger partial charge in [-0.1, -0.05) is 6.07 Å². The number of fused-ring (bicyclic) bond motifs is 2. The fourth-order valence-electron chi connectivity index (χ4n) is 5.00. The number of nitrogens with one attached hydrogen (secondary N) is 1. The van der Waals surface area contributed by atoms with E-state index >= 15 is 0 Å². The van der Waals surface area contributed by atoms with Crippen molar-refractivity contribution in [3.8, 4) is 0 Å². The third-order valence-corrected chi connectivity index (χ3v) is 6.78. The number of pyridine rings is 1. The highest BCUT2D eigenvalue weighted by Gasteiger charge is 2.32. The molecule has 3 aliphatic rings. The number of benzene rings is 1. The molecule has 0 bridgehead atoms. The third-order valence-electron chi connectivity index (χ3n) is 6.78. The second kappa shape index (κ2) is 8.26. The maximum absolute atomic E-state index is 13.7. The van der Waals surface area contributed by atoms with E-state index in [9.17, 15) is 9.90 Å². The van der Waals surface area contributed by atoms with Crippen LogP contribution in [0.5, 0.6) is 0 Å². The van der Waals surface area contributed by atoms with E-state index in [1.54, 1.807) is 6.20 Å². The Morgan fingerprint density at radius 3 is 2.67 bits per heavy atom. The van der Waals surface area contributed by atoms with Crippen LogP contribution in [0.25, 0.3) is 0 Å². The number of carbonyl (C=O) groups is 1. The Morgan fingerprint density at radius 1 is 1.07 bits per heavy atom. The van der Waals surface area contributed by atoms with Crippen molar-refractivity contribution < 1.29 is 9.90 Å². The maximum Gasteiger partial charge on any atom is 0.230 e. The molecule has 158 valence electrons. The van der Waals surface area contributed by atoms with Gasteiger partial charge in [0.15, 0.2) is 0 Å². The van der Waals surface area contributed by atoms with Crippen molar-refractivity contribution in [1.82, 2.24) is 4.98 Å². The lowest BCUT2D eigenvalue weighted by molar-refractivity contribution is -0.124. The molecule has 0 spiro atoms. The van der Waals surface area contributed by atoms with Gasteiger partial charge in [-0.2, -0.15) is 0 Å². The van der Waals surface area contributed by atoms with Crippen LogP contribution in [0.2, 0.25) is 0 Å². The summed E-state index contributed by atoms with van der Waals surface area (Å²) in [6.07, 6.45) is 8.19. The van der Waals surface area contributed by atoms with E-state index in [4.69, 9.17) is 0 Å². The molecule has 0 unspecified atom stereocenters. The summed E-state index contributed by atoms with van der Waals surface area (Å²) in [6, 6.07) is 10.4. The van der Waals surface area contributed by atoms with Gasteiger partial charge < -0.3 is 20.2 Å². The van der Waals surface area contributed by atoms with Crippen LogP contribution in [0.15, 0.2) is 36.5 Å². The molecule has 1 saturated carbocycles. The number of nitrogens with zero attached hydrogens (tertiary/aromatic N) is 3. The van der Waals surface area contributed by atoms with Crippen LogP contribution in [0, 0.1) is 5.92 Å². The summed E-state index contributed by atoms with van der Waals surface area (Å²) in [4.78, 5) is 22.5. The fraction of sp³-hybridized carbons (Fsp3) is 0.500. The highest BCUT2D eigenvalue weighted by atomic mass is 16.3. The van der Waals surface area contributed by atoms with Gasteiger partial charge in [-0.25, -0.2) is 4.98 Å². The monoisotopic (exact) mass is 406 g/mol. The van der Waals surface area contributed by atoms with E-state index in [1.807, 2.05) is 17.0 Å². The van der Waals surface area contributed by atoms with Crippen molar-refractivity contribution in [3.05, 3.63) is 42.1 Å². The van der Waals surface area contributed by atoms with Crippen molar-refractivity contribution in [1.29, 1.82) is 0 Å². The van der Waals surface area contributed by atoms with Crippen LogP contribution in [0.1, 0.15) is 50.5 Å². The summed E-state index contributed by atoms with van der Waals surface area (Å²) in [5.74, 6) is 0.953. The first-order valence-electron chi connectivity index (χ1n) is 11.3. The number of aliphatic hydroxyl groups excluding tert-OH is 1. The minimum Gasteiger partial charge on any atom is -0.393 e. The lowest BCUT2D eigenvalue weighted by atomic mass is 9.86. The molecule has 3 heterocycles. The summed E-state index contributed by atoms with van der Waals surface area (Å²) in [7, 11) is 0. The van der Waals surface area contributed by atoms with Gasteiger partial charge >= 0.3 is 0 Å². The van der Waals surface area contributed by atoms with Gasteiger partial charge in [-0.15, -0.1) is 0 Å². The zero-order valence-corrected chi connectivity index (χ0v) is 17.4. The Kier molecular flexibility index (Phi) is 5.34. The van der Waals surface area contributed by atoms with E-state index in [2.05, 4.69) is 33.4 Å².